The zero-order valence-corrected chi connectivity index (χ0v) is 11.4. The predicted octanol–water partition coefficient (Wildman–Crippen LogP) is 3.80. The Morgan fingerprint density at radius 2 is 2.00 bits per heavy atom. The maximum absolute atomic E-state index is 13.7. The van der Waals surface area contributed by atoms with Gasteiger partial charge in [0.05, 0.1) is 5.69 Å². The number of benzene rings is 1. The van der Waals surface area contributed by atoms with Crippen LogP contribution in [0.25, 0.3) is 0 Å². The molecule has 1 aromatic carbocycles. The van der Waals surface area contributed by atoms with E-state index < -0.39 is 11.6 Å². The molecule has 1 aliphatic rings. The lowest BCUT2D eigenvalue weighted by molar-refractivity contribution is 0.401. The van der Waals surface area contributed by atoms with Gasteiger partial charge in [0.2, 0.25) is 11.7 Å². The fraction of sp³-hybridized carbons (Fsp3) is 0.231. The van der Waals surface area contributed by atoms with Crippen LogP contribution >= 0.6 is 15.9 Å². The molecule has 0 fully saturated rings. The molecule has 1 aromatic heterocycles. The normalized spacial score (nSPS) is 13.4. The van der Waals surface area contributed by atoms with Gasteiger partial charge in [-0.1, -0.05) is 15.9 Å². The monoisotopic (exact) mass is 326 g/mol. The first-order valence-corrected chi connectivity index (χ1v) is 6.59. The maximum Gasteiger partial charge on any atom is 0.225 e. The third-order valence-corrected chi connectivity index (χ3v) is 3.46. The van der Waals surface area contributed by atoms with Crippen LogP contribution in [0.4, 0.5) is 8.78 Å². The Labute approximate surface area is 116 Å². The maximum atomic E-state index is 13.7. The minimum absolute atomic E-state index is 0.181. The van der Waals surface area contributed by atoms with Crippen molar-refractivity contribution in [2.24, 2.45) is 0 Å². The average molecular weight is 327 g/mol. The van der Waals surface area contributed by atoms with E-state index in [9.17, 15) is 8.78 Å². The highest BCUT2D eigenvalue weighted by molar-refractivity contribution is 9.10. The quantitative estimate of drug-likeness (QED) is 0.787. The van der Waals surface area contributed by atoms with Crippen LogP contribution in [-0.2, 0) is 12.8 Å². The first-order valence-electron chi connectivity index (χ1n) is 5.80. The van der Waals surface area contributed by atoms with Crippen LogP contribution in [0.5, 0.6) is 11.6 Å². The third-order valence-electron chi connectivity index (χ3n) is 3.00. The highest BCUT2D eigenvalue weighted by atomic mass is 79.9. The van der Waals surface area contributed by atoms with Gasteiger partial charge >= 0.3 is 0 Å². The Kier molecular flexibility index (Phi) is 3.18. The first-order chi connectivity index (χ1) is 9.15. The molecule has 0 spiro atoms. The number of rotatable bonds is 2. The highest BCUT2D eigenvalue weighted by Crippen LogP contribution is 2.33. The van der Waals surface area contributed by atoms with E-state index in [0.29, 0.717) is 10.4 Å². The molecule has 1 heterocycles. The molecule has 0 N–H and O–H groups in total. The van der Waals surface area contributed by atoms with E-state index in [2.05, 4.69) is 25.9 Å². The molecule has 0 aliphatic heterocycles. The second-order valence-electron chi connectivity index (χ2n) is 4.26. The van der Waals surface area contributed by atoms with Gasteiger partial charge < -0.3 is 4.74 Å². The lowest BCUT2D eigenvalue weighted by Gasteiger charge is -2.10. The highest BCUT2D eigenvalue weighted by Gasteiger charge is 2.20. The standard InChI is InChI=1S/C13H9BrF2N2O/c14-7-4-9(15)12(16)11(5-7)19-13-8-2-1-3-10(8)17-6-18-13/h4-6H,1-3H2. The van der Waals surface area contributed by atoms with Crippen molar-refractivity contribution in [3.8, 4) is 11.6 Å². The first kappa shape index (κ1) is 12.5. The van der Waals surface area contributed by atoms with Crippen LogP contribution in [0, 0.1) is 11.6 Å². The lowest BCUT2D eigenvalue weighted by atomic mass is 10.2. The van der Waals surface area contributed by atoms with Crippen LogP contribution in [0.15, 0.2) is 22.9 Å². The van der Waals surface area contributed by atoms with Gasteiger partial charge in [-0.2, -0.15) is 4.39 Å². The number of aromatic nitrogens is 2. The second-order valence-corrected chi connectivity index (χ2v) is 5.18. The smallest absolute Gasteiger partial charge is 0.225 e. The van der Waals surface area contributed by atoms with Crippen molar-refractivity contribution in [1.82, 2.24) is 9.97 Å². The summed E-state index contributed by atoms with van der Waals surface area (Å²) in [5.74, 6) is -1.86. The molecule has 3 rings (SSSR count). The molecule has 3 nitrogen and oxygen atoms in total. The Bertz CT molecular complexity index is 649. The van der Waals surface area contributed by atoms with E-state index in [1.54, 1.807) is 0 Å². The van der Waals surface area contributed by atoms with Crippen molar-refractivity contribution >= 4 is 15.9 Å². The Balaban J connectivity index is 2.01. The molecule has 98 valence electrons. The Morgan fingerprint density at radius 1 is 1.16 bits per heavy atom. The molecule has 0 amide bonds. The lowest BCUT2D eigenvalue weighted by Crippen LogP contribution is -1.99. The summed E-state index contributed by atoms with van der Waals surface area (Å²) in [4.78, 5) is 8.16. The topological polar surface area (TPSA) is 35.0 Å². The number of aryl methyl sites for hydroxylation is 1. The molecule has 0 saturated carbocycles. The van der Waals surface area contributed by atoms with Gasteiger partial charge in [0, 0.05) is 10.0 Å². The second kappa shape index (κ2) is 4.85. The third kappa shape index (κ3) is 2.32. The summed E-state index contributed by atoms with van der Waals surface area (Å²) in [5, 5.41) is 0. The summed E-state index contributed by atoms with van der Waals surface area (Å²) in [7, 11) is 0. The molecule has 0 unspecified atom stereocenters. The SMILES string of the molecule is Fc1cc(Br)cc(Oc2ncnc3c2CCC3)c1F. The van der Waals surface area contributed by atoms with Gasteiger partial charge in [0.15, 0.2) is 11.6 Å². The van der Waals surface area contributed by atoms with E-state index in [1.165, 1.54) is 12.4 Å². The Morgan fingerprint density at radius 3 is 2.84 bits per heavy atom. The molecule has 2 aromatic rings. The zero-order chi connectivity index (χ0) is 13.4. The van der Waals surface area contributed by atoms with Crippen molar-refractivity contribution in [3.05, 3.63) is 45.8 Å². The van der Waals surface area contributed by atoms with Gasteiger partial charge in [0.1, 0.15) is 6.33 Å². The van der Waals surface area contributed by atoms with Crippen molar-refractivity contribution < 1.29 is 13.5 Å². The van der Waals surface area contributed by atoms with Crippen molar-refractivity contribution in [3.63, 3.8) is 0 Å². The van der Waals surface area contributed by atoms with E-state index in [0.717, 1.165) is 36.6 Å². The van der Waals surface area contributed by atoms with Crippen LogP contribution < -0.4 is 4.74 Å². The summed E-state index contributed by atoms with van der Waals surface area (Å²) in [6.45, 7) is 0. The van der Waals surface area contributed by atoms with Crippen molar-refractivity contribution in [2.75, 3.05) is 0 Å². The molecule has 19 heavy (non-hydrogen) atoms. The fourth-order valence-electron chi connectivity index (χ4n) is 2.13. The number of hydrogen-bond donors (Lipinski definition) is 0. The molecule has 0 atom stereocenters. The summed E-state index contributed by atoms with van der Waals surface area (Å²) in [6.07, 6.45) is 4.01. The van der Waals surface area contributed by atoms with E-state index in [-0.39, 0.29) is 5.75 Å². The van der Waals surface area contributed by atoms with Gasteiger partial charge in [0.25, 0.3) is 0 Å². The van der Waals surface area contributed by atoms with Gasteiger partial charge in [-0.25, -0.2) is 14.4 Å². The number of nitrogens with zero attached hydrogens (tertiary/aromatic N) is 2. The average Bonchev–Trinajstić information content (AvgIpc) is 2.84. The summed E-state index contributed by atoms with van der Waals surface area (Å²) in [5.41, 5.74) is 1.79. The van der Waals surface area contributed by atoms with Gasteiger partial charge in [-0.15, -0.1) is 0 Å². The number of halogens is 3. The van der Waals surface area contributed by atoms with Crippen LogP contribution in [0.1, 0.15) is 17.7 Å². The molecule has 1 aliphatic carbocycles. The largest absolute Gasteiger partial charge is 0.435 e. The summed E-state index contributed by atoms with van der Waals surface area (Å²) < 4.78 is 32.8. The van der Waals surface area contributed by atoms with Crippen LogP contribution in [0.3, 0.4) is 0 Å². The van der Waals surface area contributed by atoms with Gasteiger partial charge in [-0.05, 0) is 31.4 Å². The molecule has 0 bridgehead atoms. The fourth-order valence-corrected chi connectivity index (χ4v) is 2.54. The van der Waals surface area contributed by atoms with E-state index >= 15 is 0 Å². The summed E-state index contributed by atoms with van der Waals surface area (Å²) in [6, 6.07) is 2.43. The van der Waals surface area contributed by atoms with Crippen LogP contribution in [-0.4, -0.2) is 9.97 Å². The van der Waals surface area contributed by atoms with Crippen molar-refractivity contribution in [2.45, 2.75) is 19.3 Å². The molecular weight excluding hydrogens is 318 g/mol. The van der Waals surface area contributed by atoms with E-state index in [4.69, 9.17) is 4.74 Å². The summed E-state index contributed by atoms with van der Waals surface area (Å²) >= 11 is 3.10. The molecule has 0 saturated heterocycles. The number of hydrogen-bond acceptors (Lipinski definition) is 3. The number of fused-ring (bicyclic) bond motifs is 1. The molecule has 0 radical (unpaired) electrons. The van der Waals surface area contributed by atoms with Gasteiger partial charge in [-0.3, -0.25) is 0 Å². The molecule has 6 heteroatoms. The minimum Gasteiger partial charge on any atom is -0.435 e. The zero-order valence-electron chi connectivity index (χ0n) is 9.79. The van der Waals surface area contributed by atoms with E-state index in [1.807, 2.05) is 0 Å². The molecular formula is C13H9BrF2N2O. The van der Waals surface area contributed by atoms with Crippen LogP contribution in [0.2, 0.25) is 0 Å². The number of ether oxygens (including phenoxy) is 1. The Hall–Kier alpha value is -1.56. The predicted molar refractivity (Wildman–Crippen MR) is 68.2 cm³/mol. The van der Waals surface area contributed by atoms with Crippen molar-refractivity contribution in [1.29, 1.82) is 0 Å². The minimum atomic E-state index is -1.02.